The van der Waals surface area contributed by atoms with Gasteiger partial charge in [0.15, 0.2) is 0 Å². The first-order chi connectivity index (χ1) is 6.93. The average molecular weight is 210 g/mol. The second-order valence-electron chi connectivity index (χ2n) is 3.76. The van der Waals surface area contributed by atoms with Crippen molar-refractivity contribution in [2.75, 3.05) is 0 Å². The first-order valence-electron chi connectivity index (χ1n) is 4.42. The van der Waals surface area contributed by atoms with Crippen molar-refractivity contribution in [1.82, 2.24) is 0 Å². The maximum Gasteiger partial charge on any atom is 0.309 e. The van der Waals surface area contributed by atoms with E-state index in [1.54, 1.807) is 0 Å². The van der Waals surface area contributed by atoms with Gasteiger partial charge in [-0.3, -0.25) is 4.79 Å². The molecule has 0 radical (unpaired) electrons. The summed E-state index contributed by atoms with van der Waals surface area (Å²) in [6.45, 7) is 0. The van der Waals surface area contributed by atoms with Crippen LogP contribution in [0.5, 0.6) is 11.5 Å². The van der Waals surface area contributed by atoms with Crippen LogP contribution in [0, 0.1) is 5.92 Å². The summed E-state index contributed by atoms with van der Waals surface area (Å²) in [4.78, 5) is 10.6. The molecule has 0 aliphatic heterocycles. The highest BCUT2D eigenvalue weighted by molar-refractivity contribution is 5.76. The van der Waals surface area contributed by atoms with E-state index >= 15 is 0 Å². The largest absolute Gasteiger partial charge is 0.508 e. The number of hydrogen-bond donors (Lipinski definition) is 4. The third-order valence-electron chi connectivity index (χ3n) is 2.63. The van der Waals surface area contributed by atoms with Gasteiger partial charge in [0.2, 0.25) is 0 Å². The molecule has 0 spiro atoms. The zero-order valence-electron chi connectivity index (χ0n) is 7.71. The van der Waals surface area contributed by atoms with Crippen LogP contribution < -0.4 is 0 Å². The molecule has 1 aromatic carbocycles. The molecule has 1 aliphatic carbocycles. The standard InChI is InChI=1S/C10H10O5/c11-6-1-5(2-7(12)3-6)10(15)4-8(10)9(13)14/h1-3,8,11-12,15H,4H2,(H,13,14). The number of benzene rings is 1. The number of carbonyl (C=O) groups is 1. The van der Waals surface area contributed by atoms with Crippen molar-refractivity contribution in [3.8, 4) is 11.5 Å². The molecule has 0 amide bonds. The Hall–Kier alpha value is -1.75. The van der Waals surface area contributed by atoms with Gasteiger partial charge in [0.05, 0.1) is 5.92 Å². The summed E-state index contributed by atoms with van der Waals surface area (Å²) in [5.41, 5.74) is -1.23. The van der Waals surface area contributed by atoms with Gasteiger partial charge in [-0.05, 0) is 24.1 Å². The van der Waals surface area contributed by atoms with Gasteiger partial charge in [0.1, 0.15) is 17.1 Å². The van der Waals surface area contributed by atoms with E-state index in [9.17, 15) is 20.1 Å². The predicted molar refractivity (Wildman–Crippen MR) is 49.4 cm³/mol. The SMILES string of the molecule is O=C(O)C1CC1(O)c1cc(O)cc(O)c1. The number of phenolic OH excluding ortho intramolecular Hbond substituents is 2. The number of carboxylic acid groups (broad SMARTS) is 1. The van der Waals surface area contributed by atoms with Crippen molar-refractivity contribution in [1.29, 1.82) is 0 Å². The summed E-state index contributed by atoms with van der Waals surface area (Å²) >= 11 is 0. The van der Waals surface area contributed by atoms with E-state index in [0.717, 1.165) is 6.07 Å². The minimum atomic E-state index is -1.46. The van der Waals surface area contributed by atoms with Gasteiger partial charge < -0.3 is 20.4 Å². The van der Waals surface area contributed by atoms with Gasteiger partial charge in [0, 0.05) is 6.07 Å². The Labute approximate surface area is 85.2 Å². The second-order valence-corrected chi connectivity index (χ2v) is 3.76. The zero-order valence-corrected chi connectivity index (χ0v) is 7.71. The van der Waals surface area contributed by atoms with E-state index < -0.39 is 17.5 Å². The van der Waals surface area contributed by atoms with Gasteiger partial charge in [-0.25, -0.2) is 0 Å². The van der Waals surface area contributed by atoms with Crippen molar-refractivity contribution in [3.05, 3.63) is 23.8 Å². The van der Waals surface area contributed by atoms with E-state index in [2.05, 4.69) is 0 Å². The first-order valence-corrected chi connectivity index (χ1v) is 4.42. The van der Waals surface area contributed by atoms with E-state index in [4.69, 9.17) is 5.11 Å². The number of carboxylic acids is 1. The van der Waals surface area contributed by atoms with Crippen molar-refractivity contribution in [2.24, 2.45) is 5.92 Å². The highest BCUT2D eigenvalue weighted by Crippen LogP contribution is 2.53. The lowest BCUT2D eigenvalue weighted by atomic mass is 10.0. The van der Waals surface area contributed by atoms with Crippen molar-refractivity contribution in [2.45, 2.75) is 12.0 Å². The Morgan fingerprint density at radius 2 is 1.80 bits per heavy atom. The van der Waals surface area contributed by atoms with Gasteiger partial charge >= 0.3 is 5.97 Å². The minimum absolute atomic E-state index is 0.102. The normalized spacial score (nSPS) is 28.7. The van der Waals surface area contributed by atoms with Gasteiger partial charge in [0.25, 0.3) is 0 Å². The summed E-state index contributed by atoms with van der Waals surface area (Å²) in [6.07, 6.45) is 0.102. The quantitative estimate of drug-likeness (QED) is 0.566. The molecule has 1 saturated carbocycles. The summed E-state index contributed by atoms with van der Waals surface area (Å²) in [5, 5.41) is 37.0. The average Bonchev–Trinajstić information content (AvgIpc) is 2.78. The third-order valence-corrected chi connectivity index (χ3v) is 2.63. The van der Waals surface area contributed by atoms with Crippen molar-refractivity contribution in [3.63, 3.8) is 0 Å². The summed E-state index contributed by atoms with van der Waals surface area (Å²) in [7, 11) is 0. The van der Waals surface area contributed by atoms with Gasteiger partial charge in [-0.15, -0.1) is 0 Å². The Morgan fingerprint density at radius 3 is 2.20 bits per heavy atom. The number of aliphatic hydroxyl groups is 1. The molecule has 0 saturated heterocycles. The molecule has 1 fully saturated rings. The molecule has 1 aliphatic rings. The Balaban J connectivity index is 2.36. The van der Waals surface area contributed by atoms with Crippen LogP contribution in [0.1, 0.15) is 12.0 Å². The smallest absolute Gasteiger partial charge is 0.309 e. The first kappa shape index (κ1) is 9.79. The van der Waals surface area contributed by atoms with E-state index in [1.807, 2.05) is 0 Å². The Bertz CT molecular complexity index is 408. The topological polar surface area (TPSA) is 98.0 Å². The van der Waals surface area contributed by atoms with Crippen molar-refractivity contribution >= 4 is 5.97 Å². The molecular formula is C10H10O5. The molecular weight excluding hydrogens is 200 g/mol. The lowest BCUT2D eigenvalue weighted by molar-refractivity contribution is -0.140. The van der Waals surface area contributed by atoms with E-state index in [-0.39, 0.29) is 23.5 Å². The Kier molecular flexibility index (Phi) is 1.87. The van der Waals surface area contributed by atoms with Crippen LogP contribution in [0.2, 0.25) is 0 Å². The van der Waals surface area contributed by atoms with Gasteiger partial charge in [-0.1, -0.05) is 0 Å². The molecule has 80 valence electrons. The minimum Gasteiger partial charge on any atom is -0.508 e. The molecule has 1 aromatic rings. The maximum absolute atomic E-state index is 10.6. The molecule has 0 heterocycles. The summed E-state index contributed by atoms with van der Waals surface area (Å²) < 4.78 is 0. The fourth-order valence-corrected chi connectivity index (χ4v) is 1.71. The Morgan fingerprint density at radius 1 is 1.27 bits per heavy atom. The van der Waals surface area contributed by atoms with Crippen LogP contribution in [0.15, 0.2) is 18.2 Å². The number of aliphatic carboxylic acids is 1. The molecule has 5 heteroatoms. The highest BCUT2D eigenvalue weighted by Gasteiger charge is 2.59. The van der Waals surface area contributed by atoms with Crippen LogP contribution >= 0.6 is 0 Å². The lowest BCUT2D eigenvalue weighted by Crippen LogP contribution is -2.13. The molecule has 2 unspecified atom stereocenters. The van der Waals surface area contributed by atoms with Crippen molar-refractivity contribution < 1.29 is 25.2 Å². The second kappa shape index (κ2) is 2.87. The molecule has 5 nitrogen and oxygen atoms in total. The van der Waals surface area contributed by atoms with Crippen LogP contribution in [-0.2, 0) is 10.4 Å². The van der Waals surface area contributed by atoms with E-state index in [1.165, 1.54) is 12.1 Å². The molecule has 4 N–H and O–H groups in total. The molecule has 2 atom stereocenters. The fourth-order valence-electron chi connectivity index (χ4n) is 1.71. The monoisotopic (exact) mass is 210 g/mol. The van der Waals surface area contributed by atoms with E-state index in [0.29, 0.717) is 0 Å². The van der Waals surface area contributed by atoms with Gasteiger partial charge in [-0.2, -0.15) is 0 Å². The third kappa shape index (κ3) is 1.50. The predicted octanol–water partition coefficient (Wildman–Crippen LogP) is 0.390. The molecule has 0 bridgehead atoms. The van der Waals surface area contributed by atoms with Crippen LogP contribution in [0.25, 0.3) is 0 Å². The summed E-state index contributed by atoms with van der Waals surface area (Å²) in [6, 6.07) is 3.62. The fraction of sp³-hybridized carbons (Fsp3) is 0.300. The number of rotatable bonds is 2. The summed E-state index contributed by atoms with van der Waals surface area (Å²) in [5.74, 6) is -2.34. The highest BCUT2D eigenvalue weighted by atomic mass is 16.4. The number of hydrogen-bond acceptors (Lipinski definition) is 4. The number of phenols is 2. The number of aromatic hydroxyl groups is 2. The van der Waals surface area contributed by atoms with Crippen LogP contribution in [0.4, 0.5) is 0 Å². The molecule has 2 rings (SSSR count). The lowest BCUT2D eigenvalue weighted by Gasteiger charge is -2.10. The van der Waals surface area contributed by atoms with Crippen LogP contribution in [0.3, 0.4) is 0 Å². The van der Waals surface area contributed by atoms with Crippen LogP contribution in [-0.4, -0.2) is 26.4 Å². The zero-order chi connectivity index (χ0) is 11.2. The maximum atomic E-state index is 10.6. The molecule has 0 aromatic heterocycles. The molecule has 15 heavy (non-hydrogen) atoms.